The zero-order valence-corrected chi connectivity index (χ0v) is 26.6. The molecule has 0 aromatic heterocycles. The van der Waals surface area contributed by atoms with Crippen molar-refractivity contribution in [3.05, 3.63) is 98.1 Å². The van der Waals surface area contributed by atoms with Crippen molar-refractivity contribution in [2.45, 2.75) is 32.7 Å². The summed E-state index contributed by atoms with van der Waals surface area (Å²) in [5, 5.41) is 20.2. The first-order valence-corrected chi connectivity index (χ1v) is 14.8. The van der Waals surface area contributed by atoms with Gasteiger partial charge in [-0.25, -0.2) is 9.59 Å². The molecule has 4 rings (SSSR count). The third-order valence-electron chi connectivity index (χ3n) is 6.36. The number of ether oxygens (including phenoxy) is 4. The summed E-state index contributed by atoms with van der Waals surface area (Å²) in [6.07, 6.45) is 0.344. The van der Waals surface area contributed by atoms with Crippen LogP contribution in [0.4, 0.5) is 4.79 Å². The summed E-state index contributed by atoms with van der Waals surface area (Å²) in [5.41, 5.74) is 5.53. The normalized spacial score (nSPS) is 15.3. The van der Waals surface area contributed by atoms with E-state index in [1.165, 1.54) is 13.3 Å². The van der Waals surface area contributed by atoms with Gasteiger partial charge in [0.2, 0.25) is 0 Å². The first-order valence-electron chi connectivity index (χ1n) is 13.6. The lowest BCUT2D eigenvalue weighted by molar-refractivity contribution is -0.136. The Morgan fingerprint density at radius 1 is 1.14 bits per heavy atom. The van der Waals surface area contributed by atoms with Crippen molar-refractivity contribution in [2.75, 3.05) is 20.3 Å². The predicted octanol–water partition coefficient (Wildman–Crippen LogP) is 5.20. The molecule has 44 heavy (non-hydrogen) atoms. The summed E-state index contributed by atoms with van der Waals surface area (Å²) < 4.78 is 23.0. The number of aliphatic hydroxyl groups is 1. The van der Waals surface area contributed by atoms with Crippen molar-refractivity contribution in [3.63, 3.8) is 0 Å². The number of urea groups is 1. The lowest BCUT2D eigenvalue weighted by atomic mass is 9.95. The maximum absolute atomic E-state index is 12.4. The van der Waals surface area contributed by atoms with Gasteiger partial charge in [0.15, 0.2) is 23.5 Å². The Labute approximate surface area is 268 Å². The van der Waals surface area contributed by atoms with Crippen LogP contribution in [0.25, 0.3) is 0 Å². The average Bonchev–Trinajstić information content (AvgIpc) is 3.00. The topological polar surface area (TPSA) is 140 Å². The van der Waals surface area contributed by atoms with Gasteiger partial charge in [-0.1, -0.05) is 48.0 Å². The Kier molecular flexibility index (Phi) is 11.5. The highest BCUT2D eigenvalue weighted by molar-refractivity contribution is 9.10. The van der Waals surface area contributed by atoms with Gasteiger partial charge in [0, 0.05) is 5.70 Å². The molecule has 4 N–H and O–H groups in total. The highest BCUT2D eigenvalue weighted by Gasteiger charge is 2.32. The van der Waals surface area contributed by atoms with Crippen LogP contribution >= 0.6 is 27.5 Å². The highest BCUT2D eigenvalue weighted by atomic mass is 79.9. The van der Waals surface area contributed by atoms with Crippen molar-refractivity contribution < 1.29 is 33.6 Å². The average molecular weight is 688 g/mol. The Morgan fingerprint density at radius 2 is 1.91 bits per heavy atom. The van der Waals surface area contributed by atoms with Crippen LogP contribution < -0.4 is 30.3 Å². The minimum atomic E-state index is -1.16. The Hall–Kier alpha value is -4.26. The van der Waals surface area contributed by atoms with E-state index in [-0.39, 0.29) is 12.2 Å². The first kappa shape index (κ1) is 32.6. The number of hydrogen-bond acceptors (Lipinski definition) is 9. The highest BCUT2D eigenvalue weighted by Crippen LogP contribution is 2.36. The number of rotatable bonds is 13. The number of nitrogens with zero attached hydrogens (tertiary/aromatic N) is 1. The monoisotopic (exact) mass is 686 g/mol. The SMILES string of the molecule is CCOc1cc([C@@H]2NC(=O)NC(C)=C2C(=O)OC)ccc1OC[C@@H](O)N/N=C\c1cc(Cl)c(OCc2ccccc2)c(Br)c1. The van der Waals surface area contributed by atoms with Gasteiger partial charge in [-0.3, -0.25) is 5.43 Å². The molecule has 0 saturated carbocycles. The Balaban J connectivity index is 1.37. The van der Waals surface area contributed by atoms with Crippen LogP contribution in [0.1, 0.15) is 36.6 Å². The quantitative estimate of drug-likeness (QED) is 0.0833. The molecule has 0 spiro atoms. The van der Waals surface area contributed by atoms with Gasteiger partial charge in [0.25, 0.3) is 0 Å². The molecule has 0 unspecified atom stereocenters. The number of nitrogens with one attached hydrogen (secondary N) is 3. The van der Waals surface area contributed by atoms with Crippen LogP contribution in [0.5, 0.6) is 17.2 Å². The van der Waals surface area contributed by atoms with Crippen molar-refractivity contribution >= 4 is 45.7 Å². The molecule has 13 heteroatoms. The summed E-state index contributed by atoms with van der Waals surface area (Å²) in [6.45, 7) is 3.97. The molecular formula is C31H32BrClN4O7. The molecule has 232 valence electrons. The number of carbonyl (C=O) groups excluding carboxylic acids is 2. The van der Waals surface area contributed by atoms with Gasteiger partial charge >= 0.3 is 12.0 Å². The number of aliphatic hydroxyl groups excluding tert-OH is 1. The number of methoxy groups -OCH3 is 1. The minimum absolute atomic E-state index is 0.163. The third kappa shape index (κ3) is 8.43. The van der Waals surface area contributed by atoms with E-state index in [9.17, 15) is 14.7 Å². The maximum Gasteiger partial charge on any atom is 0.337 e. The second-order valence-corrected chi connectivity index (χ2v) is 10.8. The summed E-state index contributed by atoms with van der Waals surface area (Å²) in [7, 11) is 1.27. The van der Waals surface area contributed by atoms with E-state index >= 15 is 0 Å². The molecule has 0 aliphatic carbocycles. The fourth-order valence-electron chi connectivity index (χ4n) is 4.34. The van der Waals surface area contributed by atoms with Crippen LogP contribution in [-0.4, -0.2) is 49.9 Å². The zero-order valence-electron chi connectivity index (χ0n) is 24.2. The molecule has 0 saturated heterocycles. The number of esters is 1. The molecular weight excluding hydrogens is 656 g/mol. The fraction of sp³-hybridized carbons (Fsp3) is 0.258. The van der Waals surface area contributed by atoms with Crippen LogP contribution in [-0.2, 0) is 16.1 Å². The van der Waals surface area contributed by atoms with E-state index in [4.69, 9.17) is 30.5 Å². The van der Waals surface area contributed by atoms with Crippen LogP contribution in [0.15, 0.2) is 81.5 Å². The van der Waals surface area contributed by atoms with Crippen LogP contribution in [0.2, 0.25) is 5.02 Å². The number of hydrogen-bond donors (Lipinski definition) is 4. The molecule has 3 aromatic rings. The second-order valence-electron chi connectivity index (χ2n) is 9.50. The van der Waals surface area contributed by atoms with Gasteiger partial charge < -0.3 is 34.7 Å². The number of benzene rings is 3. The predicted molar refractivity (Wildman–Crippen MR) is 169 cm³/mol. The fourth-order valence-corrected chi connectivity index (χ4v) is 5.33. The summed E-state index contributed by atoms with van der Waals surface area (Å²) in [5.74, 6) is 0.655. The molecule has 3 aromatic carbocycles. The molecule has 0 bridgehead atoms. The molecule has 1 aliphatic heterocycles. The lowest BCUT2D eigenvalue weighted by Gasteiger charge is -2.28. The van der Waals surface area contributed by atoms with E-state index < -0.39 is 24.3 Å². The summed E-state index contributed by atoms with van der Waals surface area (Å²) in [4.78, 5) is 24.6. The molecule has 1 heterocycles. The van der Waals surface area contributed by atoms with E-state index in [0.717, 1.165) is 5.56 Å². The molecule has 2 amide bonds. The van der Waals surface area contributed by atoms with Crippen molar-refractivity contribution in [3.8, 4) is 17.2 Å². The number of halogens is 2. The number of carbonyl (C=O) groups is 2. The van der Waals surface area contributed by atoms with Gasteiger partial charge in [-0.15, -0.1) is 0 Å². The largest absolute Gasteiger partial charge is 0.490 e. The molecule has 11 nitrogen and oxygen atoms in total. The van der Waals surface area contributed by atoms with Gasteiger partial charge in [0.05, 0.1) is 41.0 Å². The summed E-state index contributed by atoms with van der Waals surface area (Å²) in [6, 6.07) is 17.0. The van der Waals surface area contributed by atoms with Crippen molar-refractivity contribution in [1.29, 1.82) is 0 Å². The first-order chi connectivity index (χ1) is 21.2. The molecule has 0 radical (unpaired) electrons. The van der Waals surface area contributed by atoms with E-state index in [1.54, 1.807) is 37.3 Å². The van der Waals surface area contributed by atoms with Crippen molar-refractivity contribution in [1.82, 2.24) is 16.1 Å². The molecule has 1 aliphatic rings. The maximum atomic E-state index is 12.4. The van der Waals surface area contributed by atoms with Crippen LogP contribution in [0, 0.1) is 0 Å². The second kappa shape index (κ2) is 15.5. The lowest BCUT2D eigenvalue weighted by Crippen LogP contribution is -2.45. The Bertz CT molecular complexity index is 1530. The van der Waals surface area contributed by atoms with Gasteiger partial charge in [0.1, 0.15) is 13.2 Å². The Morgan fingerprint density at radius 3 is 2.61 bits per heavy atom. The van der Waals surface area contributed by atoms with Gasteiger partial charge in [-0.05, 0) is 70.7 Å². The van der Waals surface area contributed by atoms with Crippen LogP contribution in [0.3, 0.4) is 0 Å². The number of hydrazone groups is 1. The summed E-state index contributed by atoms with van der Waals surface area (Å²) >= 11 is 9.93. The van der Waals surface area contributed by atoms with Gasteiger partial charge in [-0.2, -0.15) is 5.10 Å². The number of amides is 2. The minimum Gasteiger partial charge on any atom is -0.490 e. The third-order valence-corrected chi connectivity index (χ3v) is 7.23. The molecule has 2 atom stereocenters. The zero-order chi connectivity index (χ0) is 31.6. The smallest absolute Gasteiger partial charge is 0.337 e. The van der Waals surface area contributed by atoms with E-state index in [2.05, 4.69) is 37.1 Å². The van der Waals surface area contributed by atoms with Crippen molar-refractivity contribution in [2.24, 2.45) is 5.10 Å². The standard InChI is InChI=1S/C31H32BrClN4O7/c1-4-42-25-14-21(28-27(30(39)41-3)18(2)35-31(40)36-28)10-11-24(25)43-17-26(38)37-34-15-20-12-22(32)29(23(33)13-20)44-16-19-8-6-5-7-9-19/h5-15,26,28,37-38H,4,16-17H2,1-3H3,(H2,35,36,40)/b34-15-/t26-,28+/m1/s1. The van der Waals surface area contributed by atoms with E-state index in [0.29, 0.717) is 56.8 Å². The molecule has 0 fully saturated rings. The number of allylic oxidation sites excluding steroid dienone is 1. The van der Waals surface area contributed by atoms with E-state index in [1.807, 2.05) is 37.3 Å².